The molecule has 0 spiro atoms. The zero-order valence-electron chi connectivity index (χ0n) is 12.4. The second kappa shape index (κ2) is 6.11. The molecule has 0 unspecified atom stereocenters. The van der Waals surface area contributed by atoms with Crippen LogP contribution in [0.1, 0.15) is 43.5 Å². The van der Waals surface area contributed by atoms with E-state index in [-0.39, 0.29) is 0 Å². The number of hydrogen-bond donors (Lipinski definition) is 3. The van der Waals surface area contributed by atoms with E-state index in [1.54, 1.807) is 19.1 Å². The summed E-state index contributed by atoms with van der Waals surface area (Å²) in [5.41, 5.74) is 1.02. The molecule has 1 heterocycles. The molecule has 1 saturated carbocycles. The SMILES string of the molecule is Cc1ccc(NC(=O)NC2(C(=O)O)CCCCC2)c(C)n1. The van der Waals surface area contributed by atoms with E-state index in [9.17, 15) is 14.7 Å². The van der Waals surface area contributed by atoms with E-state index in [0.29, 0.717) is 24.2 Å². The Morgan fingerprint density at radius 3 is 2.43 bits per heavy atom. The van der Waals surface area contributed by atoms with Gasteiger partial charge in [0.15, 0.2) is 0 Å². The van der Waals surface area contributed by atoms with Crippen molar-refractivity contribution in [1.29, 1.82) is 0 Å². The first-order valence-electron chi connectivity index (χ1n) is 7.20. The van der Waals surface area contributed by atoms with Crippen molar-refractivity contribution in [3.05, 3.63) is 23.5 Å². The topological polar surface area (TPSA) is 91.3 Å². The van der Waals surface area contributed by atoms with Crippen LogP contribution < -0.4 is 10.6 Å². The number of rotatable bonds is 3. The molecule has 3 N–H and O–H groups in total. The Bertz CT molecular complexity index is 551. The van der Waals surface area contributed by atoms with Crippen molar-refractivity contribution in [2.24, 2.45) is 0 Å². The summed E-state index contributed by atoms with van der Waals surface area (Å²) in [6, 6.07) is 3.08. The van der Waals surface area contributed by atoms with Gasteiger partial charge in [0.05, 0.1) is 11.4 Å². The average molecular weight is 291 g/mol. The van der Waals surface area contributed by atoms with Crippen molar-refractivity contribution in [3.8, 4) is 0 Å². The molecule has 0 bridgehead atoms. The largest absolute Gasteiger partial charge is 0.480 e. The molecule has 2 amide bonds. The fourth-order valence-electron chi connectivity index (χ4n) is 2.74. The normalized spacial score (nSPS) is 17.0. The van der Waals surface area contributed by atoms with E-state index in [1.165, 1.54) is 0 Å². The van der Waals surface area contributed by atoms with Crippen molar-refractivity contribution < 1.29 is 14.7 Å². The lowest BCUT2D eigenvalue weighted by Gasteiger charge is -2.33. The van der Waals surface area contributed by atoms with Crippen LogP contribution in [-0.2, 0) is 4.79 Å². The maximum atomic E-state index is 12.1. The summed E-state index contributed by atoms with van der Waals surface area (Å²) in [5.74, 6) is -0.962. The molecule has 0 atom stereocenters. The van der Waals surface area contributed by atoms with Crippen molar-refractivity contribution >= 4 is 17.7 Å². The van der Waals surface area contributed by atoms with Crippen LogP contribution in [0.25, 0.3) is 0 Å². The van der Waals surface area contributed by atoms with Crippen LogP contribution in [-0.4, -0.2) is 27.6 Å². The third-order valence-electron chi connectivity index (χ3n) is 3.94. The number of nitrogens with one attached hydrogen (secondary N) is 2. The van der Waals surface area contributed by atoms with Crippen LogP contribution in [0.15, 0.2) is 12.1 Å². The molecule has 0 aromatic carbocycles. The summed E-state index contributed by atoms with van der Waals surface area (Å²) in [6.07, 6.45) is 3.59. The number of pyridine rings is 1. The molecule has 114 valence electrons. The van der Waals surface area contributed by atoms with E-state index in [4.69, 9.17) is 0 Å². The monoisotopic (exact) mass is 291 g/mol. The van der Waals surface area contributed by atoms with E-state index in [0.717, 1.165) is 25.0 Å². The van der Waals surface area contributed by atoms with Gasteiger partial charge in [0.2, 0.25) is 0 Å². The summed E-state index contributed by atoms with van der Waals surface area (Å²) < 4.78 is 0. The van der Waals surface area contributed by atoms with Gasteiger partial charge >= 0.3 is 12.0 Å². The van der Waals surface area contributed by atoms with Crippen LogP contribution in [0.2, 0.25) is 0 Å². The number of anilines is 1. The minimum atomic E-state index is -1.14. The van der Waals surface area contributed by atoms with Crippen molar-refractivity contribution in [2.45, 2.75) is 51.5 Å². The number of aliphatic carboxylic acids is 1. The Balaban J connectivity index is 2.07. The lowest BCUT2D eigenvalue weighted by Crippen LogP contribution is -2.56. The highest BCUT2D eigenvalue weighted by atomic mass is 16.4. The number of aryl methyl sites for hydroxylation is 2. The highest BCUT2D eigenvalue weighted by molar-refractivity contribution is 5.94. The number of nitrogens with zero attached hydrogens (tertiary/aromatic N) is 1. The first-order valence-corrected chi connectivity index (χ1v) is 7.20. The summed E-state index contributed by atoms with van der Waals surface area (Å²) >= 11 is 0. The van der Waals surface area contributed by atoms with Gasteiger partial charge in [-0.05, 0) is 38.8 Å². The fourth-order valence-corrected chi connectivity index (χ4v) is 2.74. The molecule has 6 nitrogen and oxygen atoms in total. The molecule has 1 aromatic heterocycles. The molecular weight excluding hydrogens is 270 g/mol. The predicted molar refractivity (Wildman–Crippen MR) is 79.3 cm³/mol. The molecule has 1 fully saturated rings. The second-order valence-corrected chi connectivity index (χ2v) is 5.61. The molecule has 6 heteroatoms. The van der Waals surface area contributed by atoms with Gasteiger partial charge in [-0.3, -0.25) is 4.98 Å². The maximum Gasteiger partial charge on any atom is 0.329 e. The Morgan fingerprint density at radius 1 is 1.19 bits per heavy atom. The number of aromatic nitrogens is 1. The van der Waals surface area contributed by atoms with Crippen LogP contribution in [0.3, 0.4) is 0 Å². The maximum absolute atomic E-state index is 12.1. The number of carboxylic acid groups (broad SMARTS) is 1. The Kier molecular flexibility index (Phi) is 4.45. The zero-order valence-corrected chi connectivity index (χ0v) is 12.4. The molecular formula is C15H21N3O3. The Labute approximate surface area is 124 Å². The quantitative estimate of drug-likeness (QED) is 0.798. The Morgan fingerprint density at radius 2 is 1.86 bits per heavy atom. The van der Waals surface area contributed by atoms with Gasteiger partial charge in [0, 0.05) is 5.69 Å². The van der Waals surface area contributed by atoms with E-state index < -0.39 is 17.5 Å². The minimum absolute atomic E-state index is 0.473. The van der Waals surface area contributed by atoms with Gasteiger partial charge in [-0.1, -0.05) is 19.3 Å². The molecule has 0 radical (unpaired) electrons. The summed E-state index contributed by atoms with van der Waals surface area (Å²) in [6.45, 7) is 3.68. The van der Waals surface area contributed by atoms with Gasteiger partial charge in [0.1, 0.15) is 5.54 Å². The van der Waals surface area contributed by atoms with Gasteiger partial charge in [-0.2, -0.15) is 0 Å². The van der Waals surface area contributed by atoms with Crippen LogP contribution in [0.4, 0.5) is 10.5 Å². The highest BCUT2D eigenvalue weighted by Crippen LogP contribution is 2.28. The first kappa shape index (κ1) is 15.3. The summed E-state index contributed by atoms with van der Waals surface area (Å²) in [7, 11) is 0. The number of carbonyl (C=O) groups excluding carboxylic acids is 1. The van der Waals surface area contributed by atoms with E-state index in [2.05, 4.69) is 15.6 Å². The van der Waals surface area contributed by atoms with Gasteiger partial charge in [-0.25, -0.2) is 9.59 Å². The average Bonchev–Trinajstić information content (AvgIpc) is 2.43. The number of hydrogen-bond acceptors (Lipinski definition) is 3. The summed E-state index contributed by atoms with van der Waals surface area (Å²) in [5, 5.41) is 14.8. The van der Waals surface area contributed by atoms with Crippen molar-refractivity contribution in [1.82, 2.24) is 10.3 Å². The molecule has 1 aliphatic carbocycles. The number of carbonyl (C=O) groups is 2. The highest BCUT2D eigenvalue weighted by Gasteiger charge is 2.41. The standard InChI is InChI=1S/C15H21N3O3/c1-10-6-7-12(11(2)16-10)17-14(21)18-15(13(19)20)8-4-3-5-9-15/h6-7H,3-5,8-9H2,1-2H3,(H,19,20)(H2,17,18,21). The molecule has 0 saturated heterocycles. The Hall–Kier alpha value is -2.11. The first-order chi connectivity index (χ1) is 9.93. The van der Waals surface area contributed by atoms with Crippen molar-refractivity contribution in [3.63, 3.8) is 0 Å². The van der Waals surface area contributed by atoms with Crippen molar-refractivity contribution in [2.75, 3.05) is 5.32 Å². The smallest absolute Gasteiger partial charge is 0.329 e. The number of urea groups is 1. The zero-order chi connectivity index (χ0) is 15.5. The number of carboxylic acids is 1. The van der Waals surface area contributed by atoms with Crippen LogP contribution in [0, 0.1) is 13.8 Å². The molecule has 2 rings (SSSR count). The minimum Gasteiger partial charge on any atom is -0.480 e. The molecule has 21 heavy (non-hydrogen) atoms. The van der Waals surface area contributed by atoms with Gasteiger partial charge < -0.3 is 15.7 Å². The second-order valence-electron chi connectivity index (χ2n) is 5.61. The van der Waals surface area contributed by atoms with Crippen LogP contribution >= 0.6 is 0 Å². The predicted octanol–water partition coefficient (Wildman–Crippen LogP) is 2.61. The van der Waals surface area contributed by atoms with E-state index in [1.807, 2.05) is 6.92 Å². The van der Waals surface area contributed by atoms with Crippen LogP contribution in [0.5, 0.6) is 0 Å². The number of amides is 2. The van der Waals surface area contributed by atoms with Gasteiger partial charge in [-0.15, -0.1) is 0 Å². The molecule has 1 aromatic rings. The van der Waals surface area contributed by atoms with E-state index >= 15 is 0 Å². The third-order valence-corrected chi connectivity index (χ3v) is 3.94. The molecule has 1 aliphatic rings. The lowest BCUT2D eigenvalue weighted by molar-refractivity contribution is -0.145. The molecule has 0 aliphatic heterocycles. The lowest BCUT2D eigenvalue weighted by atomic mass is 9.82. The third kappa shape index (κ3) is 3.51. The summed E-state index contributed by atoms with van der Waals surface area (Å²) in [4.78, 5) is 27.9. The van der Waals surface area contributed by atoms with Gasteiger partial charge in [0.25, 0.3) is 0 Å². The fraction of sp³-hybridized carbons (Fsp3) is 0.533.